The van der Waals surface area contributed by atoms with Crippen LogP contribution in [0.3, 0.4) is 0 Å². The number of benzene rings is 3. The maximum Gasteiger partial charge on any atom is 1.00 e. The quantitative estimate of drug-likeness (QED) is 0.0810. The predicted octanol–water partition coefficient (Wildman–Crippen LogP) is -7.04. The molecule has 238 valence electrons. The molecule has 0 spiro atoms. The average molecular weight is 722 g/mol. The van der Waals surface area contributed by atoms with Crippen molar-refractivity contribution in [1.29, 1.82) is 0 Å². The molecule has 3 N–H and O–H groups in total. The summed E-state index contributed by atoms with van der Waals surface area (Å²) >= 11 is 0. The van der Waals surface area contributed by atoms with Crippen LogP contribution < -0.4 is 147 Å². The van der Waals surface area contributed by atoms with Crippen molar-refractivity contribution in [3.8, 4) is 51.6 Å². The van der Waals surface area contributed by atoms with Crippen LogP contribution in [0.5, 0.6) is 40.2 Å². The molecule has 0 unspecified atom stereocenters. The molecule has 16 nitrogen and oxygen atoms in total. The number of carbonyl (C=O) groups excluding carboxylic acids is 1. The average Bonchev–Trinajstić information content (AvgIpc) is 3.34. The van der Waals surface area contributed by atoms with E-state index >= 15 is 0 Å². The van der Waals surface area contributed by atoms with Crippen LogP contribution in [0.25, 0.3) is 22.3 Å². The van der Waals surface area contributed by atoms with Crippen molar-refractivity contribution in [3.63, 3.8) is 0 Å². The number of methoxy groups -OCH3 is 5. The van der Waals surface area contributed by atoms with Crippen LogP contribution in [0.2, 0.25) is 0 Å². The summed E-state index contributed by atoms with van der Waals surface area (Å²) in [5, 5.41) is -0.0328. The molecule has 1 heterocycles. The van der Waals surface area contributed by atoms with Crippen molar-refractivity contribution in [2.24, 2.45) is 0 Å². The third-order valence-corrected chi connectivity index (χ3v) is 6.82. The van der Waals surface area contributed by atoms with E-state index < -0.39 is 32.9 Å². The molecule has 21 heteroatoms. The molecule has 3 aromatic carbocycles. The number of phosphoric ester groups is 2. The fraction of sp³-hybridized carbons (Fsp3) is 0.192. The van der Waals surface area contributed by atoms with Gasteiger partial charge in [-0.15, -0.1) is 0 Å². The van der Waals surface area contributed by atoms with E-state index in [1.165, 1.54) is 71.9 Å². The molecule has 0 saturated heterocycles. The van der Waals surface area contributed by atoms with Gasteiger partial charge in [0.25, 0.3) is 0 Å². The van der Waals surface area contributed by atoms with Gasteiger partial charge in [-0.1, -0.05) is 0 Å². The van der Waals surface area contributed by atoms with Crippen LogP contribution >= 0.6 is 15.6 Å². The standard InChI is InChI=1S/C26H26O15P2.H3N.3Na/c1-34-16-8-6-13(10-18(16)40-42(28,29)30)23-21(22(27)14-11-19(36-3)25(38-5)20(12-14)37-4)15-7-9-17(35-2)26(24(15)39-23)41-43(31,32)33;;;;/h6-12H,1-5H3,(H2,28,29,30)(H2,31,32,33);1H3;;;/q;;3*+1/p-4. The Morgan fingerprint density at radius 3 is 1.62 bits per heavy atom. The summed E-state index contributed by atoms with van der Waals surface area (Å²) in [7, 11) is -4.81. The van der Waals surface area contributed by atoms with Crippen molar-refractivity contribution in [2.45, 2.75) is 0 Å². The van der Waals surface area contributed by atoms with Crippen LogP contribution in [0.4, 0.5) is 0 Å². The zero-order chi connectivity index (χ0) is 31.7. The first-order valence-electron chi connectivity index (χ1n) is 11.8. The van der Waals surface area contributed by atoms with Crippen LogP contribution in [-0.4, -0.2) is 41.3 Å². The summed E-state index contributed by atoms with van der Waals surface area (Å²) in [6, 6.07) is 8.93. The third-order valence-electron chi connectivity index (χ3n) is 5.99. The number of fused-ring (bicyclic) bond motifs is 1. The third kappa shape index (κ3) is 10.4. The van der Waals surface area contributed by atoms with Gasteiger partial charge in [0.05, 0.1) is 41.1 Å². The SMILES string of the molecule is COc1ccc(-c2oc3c(OP(=O)([O-])[O-])c(OC)ccc3c2C(=O)c2cc(OC)c(OC)c(OC)c2)cc1OP(=O)([O-])[O-].N.[Na+].[Na+].[Na+]. The van der Waals surface area contributed by atoms with Gasteiger partial charge in [0.15, 0.2) is 40.1 Å². The predicted molar refractivity (Wildman–Crippen MR) is 146 cm³/mol. The van der Waals surface area contributed by atoms with Crippen molar-refractivity contribution in [1.82, 2.24) is 6.15 Å². The number of carbonyl (C=O) groups is 1. The maximum atomic E-state index is 14.2. The Balaban J connectivity index is 0.00000529. The zero-order valence-electron chi connectivity index (χ0n) is 26.8. The molecular weight excluding hydrogens is 697 g/mol. The zero-order valence-corrected chi connectivity index (χ0v) is 34.6. The van der Waals surface area contributed by atoms with E-state index in [2.05, 4.69) is 9.05 Å². The van der Waals surface area contributed by atoms with E-state index in [0.717, 1.165) is 6.07 Å². The van der Waals surface area contributed by atoms with Gasteiger partial charge in [0.2, 0.25) is 11.5 Å². The molecule has 0 aliphatic heterocycles. The van der Waals surface area contributed by atoms with Gasteiger partial charge in [-0.3, -0.25) is 4.79 Å². The van der Waals surface area contributed by atoms with Crippen molar-refractivity contribution in [3.05, 3.63) is 53.6 Å². The molecule has 0 radical (unpaired) electrons. The molecule has 47 heavy (non-hydrogen) atoms. The molecule has 1 aromatic heterocycles. The molecule has 0 atom stereocenters. The Bertz CT molecular complexity index is 1780. The smallest absolute Gasteiger partial charge is 0.780 e. The Morgan fingerprint density at radius 1 is 0.638 bits per heavy atom. The minimum absolute atomic E-state index is 0. The number of furan rings is 1. The maximum absolute atomic E-state index is 14.2. The first-order chi connectivity index (χ1) is 20.2. The number of hydrogen-bond acceptors (Lipinski definition) is 16. The molecular formula is C26H25NNa3O15P2-. The second-order valence-corrected chi connectivity index (χ2v) is 10.6. The van der Waals surface area contributed by atoms with Crippen molar-refractivity contribution >= 4 is 32.4 Å². The Kier molecular flexibility index (Phi) is 18.1. The summed E-state index contributed by atoms with van der Waals surface area (Å²) in [5.74, 6) is -2.08. The molecule has 4 aromatic rings. The van der Waals surface area contributed by atoms with Gasteiger partial charge in [0, 0.05) is 16.5 Å². The summed E-state index contributed by atoms with van der Waals surface area (Å²) in [5.41, 5.74) is -0.613. The molecule has 0 bridgehead atoms. The number of ether oxygens (including phenoxy) is 5. The molecule has 0 aliphatic rings. The number of rotatable bonds is 12. The van der Waals surface area contributed by atoms with Gasteiger partial charge in [-0.2, -0.15) is 0 Å². The number of ketones is 1. The molecule has 0 aliphatic carbocycles. The molecule has 0 fully saturated rings. The number of phosphoric acid groups is 2. The second-order valence-electron chi connectivity index (χ2n) is 8.47. The monoisotopic (exact) mass is 722 g/mol. The fourth-order valence-corrected chi connectivity index (χ4v) is 5.05. The van der Waals surface area contributed by atoms with Gasteiger partial charge in [-0.25, -0.2) is 0 Å². The van der Waals surface area contributed by atoms with Gasteiger partial charge >= 0.3 is 88.7 Å². The minimum Gasteiger partial charge on any atom is -0.780 e. The molecule has 4 rings (SSSR count). The summed E-state index contributed by atoms with van der Waals surface area (Å²) in [6.45, 7) is 0. The van der Waals surface area contributed by atoms with E-state index in [1.807, 2.05) is 0 Å². The second kappa shape index (κ2) is 18.6. The van der Waals surface area contributed by atoms with E-state index in [0.29, 0.717) is 0 Å². The van der Waals surface area contributed by atoms with Gasteiger partial charge in [0.1, 0.15) is 21.4 Å². The summed E-state index contributed by atoms with van der Waals surface area (Å²) < 4.78 is 64.3. The minimum atomic E-state index is -5.67. The first kappa shape index (κ1) is 45.7. The topological polar surface area (TPSA) is 256 Å². The van der Waals surface area contributed by atoms with Crippen LogP contribution in [0, 0.1) is 0 Å². The van der Waals surface area contributed by atoms with Crippen LogP contribution in [0.15, 0.2) is 46.9 Å². The van der Waals surface area contributed by atoms with E-state index in [-0.39, 0.29) is 157 Å². The Hall–Kier alpha value is -1.27. The summed E-state index contributed by atoms with van der Waals surface area (Å²) in [4.78, 5) is 60.2. The van der Waals surface area contributed by atoms with Crippen LogP contribution in [0.1, 0.15) is 15.9 Å². The van der Waals surface area contributed by atoms with E-state index in [4.69, 9.17) is 28.1 Å². The molecule has 0 amide bonds. The largest absolute Gasteiger partial charge is 1.00 e. The van der Waals surface area contributed by atoms with Crippen molar-refractivity contribution < 1.29 is 159 Å². The van der Waals surface area contributed by atoms with Gasteiger partial charge < -0.3 is 72.0 Å². The Morgan fingerprint density at radius 2 is 1.15 bits per heavy atom. The Labute approximate surface area is 335 Å². The fourth-order valence-electron chi connectivity index (χ4n) is 4.27. The normalized spacial score (nSPS) is 10.7. The van der Waals surface area contributed by atoms with E-state index in [1.54, 1.807) is 0 Å². The summed E-state index contributed by atoms with van der Waals surface area (Å²) in [6.07, 6.45) is 0. The number of hydrogen-bond donors (Lipinski definition) is 1. The molecule has 0 saturated carbocycles. The van der Waals surface area contributed by atoms with E-state index in [9.17, 15) is 33.5 Å². The first-order valence-corrected chi connectivity index (χ1v) is 14.8. The van der Waals surface area contributed by atoms with Crippen LogP contribution in [-0.2, 0) is 9.13 Å². The van der Waals surface area contributed by atoms with Gasteiger partial charge in [-0.05, 0) is 42.5 Å². The van der Waals surface area contributed by atoms with Crippen molar-refractivity contribution in [2.75, 3.05) is 35.5 Å².